The van der Waals surface area contributed by atoms with Crippen molar-refractivity contribution >= 4 is 5.57 Å². The van der Waals surface area contributed by atoms with Gasteiger partial charge in [0.15, 0.2) is 0 Å². The molecule has 1 spiro atoms. The van der Waals surface area contributed by atoms with E-state index in [1.807, 2.05) is 25.1 Å². The Labute approximate surface area is 196 Å². The Kier molecular flexibility index (Phi) is 5.95. The van der Waals surface area contributed by atoms with Crippen molar-refractivity contribution < 1.29 is 22.6 Å². The van der Waals surface area contributed by atoms with E-state index in [-0.39, 0.29) is 6.04 Å². The van der Waals surface area contributed by atoms with Gasteiger partial charge in [-0.1, -0.05) is 30.3 Å². The molecule has 2 atom stereocenters. The molecule has 3 aromatic rings. The lowest BCUT2D eigenvalue weighted by Gasteiger charge is -2.40. The maximum Gasteiger partial charge on any atom is 0.450 e. The van der Waals surface area contributed by atoms with E-state index in [1.54, 1.807) is 18.2 Å². The molecule has 2 aromatic carbocycles. The van der Waals surface area contributed by atoms with Gasteiger partial charge in [0.25, 0.3) is 0 Å². The van der Waals surface area contributed by atoms with Crippen molar-refractivity contribution in [3.05, 3.63) is 84.0 Å². The smallest absolute Gasteiger partial charge is 0.450 e. The van der Waals surface area contributed by atoms with E-state index in [1.165, 1.54) is 6.20 Å². The molecule has 1 saturated heterocycles. The van der Waals surface area contributed by atoms with Gasteiger partial charge in [-0.25, -0.2) is 4.98 Å². The molecule has 1 N–H and O–H groups in total. The van der Waals surface area contributed by atoms with Gasteiger partial charge in [-0.05, 0) is 61.7 Å². The van der Waals surface area contributed by atoms with Gasteiger partial charge in [0.05, 0.1) is 19.3 Å². The first kappa shape index (κ1) is 22.7. The molecule has 2 aliphatic rings. The van der Waals surface area contributed by atoms with E-state index in [2.05, 4.69) is 28.5 Å². The SMILES string of the molecule is CCOc1ccc(-n2ccnc2C(F)(F)F)cc1C1=C[C@@]2(CCCN[C@H]2c2ccccc2)OC1. The average molecular weight is 470 g/mol. The van der Waals surface area contributed by atoms with Gasteiger partial charge in [0, 0.05) is 23.6 Å². The summed E-state index contributed by atoms with van der Waals surface area (Å²) >= 11 is 0. The first-order valence-corrected chi connectivity index (χ1v) is 11.4. The van der Waals surface area contributed by atoms with Crippen LogP contribution in [0.1, 0.15) is 42.8 Å². The average Bonchev–Trinajstić information content (AvgIpc) is 3.49. The molecule has 1 aromatic heterocycles. The maximum absolute atomic E-state index is 13.5. The van der Waals surface area contributed by atoms with Crippen molar-refractivity contribution in [2.75, 3.05) is 19.8 Å². The molecule has 3 heterocycles. The standard InChI is InChI=1S/C26H26F3N3O2/c1-2-33-22-10-9-20(32-14-13-31-24(32)26(27,28)29)15-21(22)19-16-25(34-17-19)11-6-12-30-23(25)18-7-4-3-5-8-18/h3-5,7-10,13-16,23,30H,2,6,11-12,17H2,1H3/t23-,25+/m0/s1. The summed E-state index contributed by atoms with van der Waals surface area (Å²) in [7, 11) is 0. The summed E-state index contributed by atoms with van der Waals surface area (Å²) in [6, 6.07) is 15.2. The molecule has 5 nitrogen and oxygen atoms in total. The Morgan fingerprint density at radius 2 is 2.03 bits per heavy atom. The fourth-order valence-corrected chi connectivity index (χ4v) is 4.95. The van der Waals surface area contributed by atoms with Crippen LogP contribution >= 0.6 is 0 Å². The maximum atomic E-state index is 13.5. The monoisotopic (exact) mass is 469 g/mol. The Balaban J connectivity index is 1.57. The summed E-state index contributed by atoms with van der Waals surface area (Å²) in [5.74, 6) is -0.344. The largest absolute Gasteiger partial charge is 0.493 e. The zero-order valence-corrected chi connectivity index (χ0v) is 18.8. The normalized spacial score (nSPS) is 22.7. The number of benzene rings is 2. The number of nitrogens with one attached hydrogen (secondary N) is 1. The lowest BCUT2D eigenvalue weighted by atomic mass is 9.81. The molecule has 0 aliphatic carbocycles. The number of ether oxygens (including phenoxy) is 2. The van der Waals surface area contributed by atoms with Gasteiger partial charge in [0.2, 0.25) is 5.82 Å². The third-order valence-electron chi connectivity index (χ3n) is 6.41. The number of piperidine rings is 1. The second-order valence-corrected chi connectivity index (χ2v) is 8.55. The van der Waals surface area contributed by atoms with E-state index in [0.717, 1.165) is 46.9 Å². The predicted molar refractivity (Wildman–Crippen MR) is 123 cm³/mol. The van der Waals surface area contributed by atoms with Gasteiger partial charge >= 0.3 is 6.18 Å². The first-order valence-electron chi connectivity index (χ1n) is 11.4. The molecule has 178 valence electrons. The highest BCUT2D eigenvalue weighted by atomic mass is 19.4. The minimum Gasteiger partial charge on any atom is -0.493 e. The minimum absolute atomic E-state index is 0.0100. The topological polar surface area (TPSA) is 48.3 Å². The Hall–Kier alpha value is -3.10. The second kappa shape index (κ2) is 8.92. The van der Waals surface area contributed by atoms with Crippen molar-refractivity contribution in [2.24, 2.45) is 0 Å². The van der Waals surface area contributed by atoms with E-state index < -0.39 is 17.6 Å². The number of aromatic nitrogens is 2. The van der Waals surface area contributed by atoms with Gasteiger partial charge in [-0.2, -0.15) is 13.2 Å². The summed E-state index contributed by atoms with van der Waals surface area (Å²) < 4.78 is 53.7. The van der Waals surface area contributed by atoms with Gasteiger partial charge in [0.1, 0.15) is 11.4 Å². The summed E-state index contributed by atoms with van der Waals surface area (Å²) in [6.07, 6.45) is 1.88. The predicted octanol–water partition coefficient (Wildman–Crippen LogP) is 5.57. The summed E-state index contributed by atoms with van der Waals surface area (Å²) in [5.41, 5.74) is 2.62. The molecule has 0 amide bonds. The molecule has 8 heteroatoms. The number of rotatable bonds is 5. The molecule has 1 fully saturated rings. The summed E-state index contributed by atoms with van der Waals surface area (Å²) in [6.45, 7) is 3.57. The van der Waals surface area contributed by atoms with Crippen molar-refractivity contribution in [2.45, 2.75) is 37.6 Å². The molecular weight excluding hydrogens is 443 g/mol. The van der Waals surface area contributed by atoms with Crippen LogP contribution in [0.4, 0.5) is 13.2 Å². The number of halogens is 3. The molecule has 2 aliphatic heterocycles. The van der Waals surface area contributed by atoms with Crippen LogP contribution in [0.25, 0.3) is 11.3 Å². The molecular formula is C26H26F3N3O2. The second-order valence-electron chi connectivity index (χ2n) is 8.55. The highest BCUT2D eigenvalue weighted by molar-refractivity contribution is 5.75. The van der Waals surface area contributed by atoms with E-state index in [9.17, 15) is 13.2 Å². The lowest BCUT2D eigenvalue weighted by molar-refractivity contribution is -0.145. The van der Waals surface area contributed by atoms with Crippen LogP contribution in [0, 0.1) is 0 Å². The Morgan fingerprint density at radius 1 is 1.21 bits per heavy atom. The lowest BCUT2D eigenvalue weighted by Crippen LogP contribution is -2.47. The van der Waals surface area contributed by atoms with Crippen molar-refractivity contribution in [1.82, 2.24) is 14.9 Å². The van der Waals surface area contributed by atoms with Crippen molar-refractivity contribution in [1.29, 1.82) is 0 Å². The van der Waals surface area contributed by atoms with Gasteiger partial charge in [-0.15, -0.1) is 0 Å². The molecule has 0 unspecified atom stereocenters. The fraction of sp³-hybridized carbons (Fsp3) is 0.346. The van der Waals surface area contributed by atoms with Crippen molar-refractivity contribution in [3.63, 3.8) is 0 Å². The molecule has 0 saturated carbocycles. The number of alkyl halides is 3. The molecule has 0 bridgehead atoms. The van der Waals surface area contributed by atoms with Crippen molar-refractivity contribution in [3.8, 4) is 11.4 Å². The van der Waals surface area contributed by atoms with Crippen LogP contribution in [-0.2, 0) is 10.9 Å². The molecule has 34 heavy (non-hydrogen) atoms. The molecule has 5 rings (SSSR count). The first-order chi connectivity index (χ1) is 16.4. The number of hydrogen-bond donors (Lipinski definition) is 1. The number of hydrogen-bond acceptors (Lipinski definition) is 4. The van der Waals surface area contributed by atoms with Crippen LogP contribution in [-0.4, -0.2) is 34.9 Å². The van der Waals surface area contributed by atoms with Crippen LogP contribution in [0.3, 0.4) is 0 Å². The minimum atomic E-state index is -4.56. The van der Waals surface area contributed by atoms with Gasteiger partial charge < -0.3 is 14.8 Å². The van der Waals surface area contributed by atoms with Gasteiger partial charge in [-0.3, -0.25) is 4.57 Å². The fourth-order valence-electron chi connectivity index (χ4n) is 4.95. The zero-order valence-electron chi connectivity index (χ0n) is 18.8. The number of imidazole rings is 1. The summed E-state index contributed by atoms with van der Waals surface area (Å²) in [5, 5.41) is 3.60. The third kappa shape index (κ3) is 4.12. The highest BCUT2D eigenvalue weighted by Crippen LogP contribution is 2.45. The van der Waals surface area contributed by atoms with E-state index in [4.69, 9.17) is 9.47 Å². The van der Waals surface area contributed by atoms with E-state index >= 15 is 0 Å². The quantitative estimate of drug-likeness (QED) is 0.531. The highest BCUT2D eigenvalue weighted by Gasteiger charge is 2.45. The number of nitrogens with zero attached hydrogens (tertiary/aromatic N) is 2. The van der Waals surface area contributed by atoms with Crippen LogP contribution in [0.2, 0.25) is 0 Å². The third-order valence-corrected chi connectivity index (χ3v) is 6.41. The summed E-state index contributed by atoms with van der Waals surface area (Å²) in [4.78, 5) is 3.52. The Morgan fingerprint density at radius 3 is 2.79 bits per heavy atom. The van der Waals surface area contributed by atoms with Crippen LogP contribution in [0.15, 0.2) is 67.0 Å². The van der Waals surface area contributed by atoms with Crippen LogP contribution < -0.4 is 10.1 Å². The molecule has 0 radical (unpaired) electrons. The zero-order chi connectivity index (χ0) is 23.8. The van der Waals surface area contributed by atoms with E-state index in [0.29, 0.717) is 24.7 Å². The van der Waals surface area contributed by atoms with Crippen LogP contribution in [0.5, 0.6) is 5.75 Å². The Bertz CT molecular complexity index is 1190.